The molecule has 640 valence electrons. The van der Waals surface area contributed by atoms with E-state index in [4.69, 9.17) is 57.8 Å². The highest BCUT2D eigenvalue weighted by molar-refractivity contribution is 7.98. The summed E-state index contributed by atoms with van der Waals surface area (Å²) >= 11 is 1.36. The molecule has 5 aliphatic heterocycles. The number of aromatic nitrogens is 1. The van der Waals surface area contributed by atoms with Gasteiger partial charge in [0, 0.05) is 78.3 Å². The Morgan fingerprint density at radius 1 is 0.693 bits per heavy atom. The van der Waals surface area contributed by atoms with Crippen LogP contribution in [0.4, 0.5) is 0 Å². The lowest BCUT2D eigenvalue weighted by Gasteiger charge is -2.32. The van der Waals surface area contributed by atoms with Gasteiger partial charge in [0.05, 0.1) is 231 Å². The predicted octanol–water partition coefficient (Wildman–Crippen LogP) is -4.44. The van der Waals surface area contributed by atoms with Crippen LogP contribution in [0.15, 0.2) is 41.2 Å². The van der Waals surface area contributed by atoms with Gasteiger partial charge in [0.2, 0.25) is 47.3 Å². The van der Waals surface area contributed by atoms with Crippen LogP contribution >= 0.6 is 11.8 Å². The van der Waals surface area contributed by atoms with E-state index in [0.717, 1.165) is 10.6 Å². The minimum absolute atomic E-state index is 0.122. The van der Waals surface area contributed by atoms with Crippen LogP contribution in [0, 0.1) is 23.7 Å². The molecule has 0 spiro atoms. The number of nitrogens with zero attached hydrogens (tertiary/aromatic N) is 3. The maximum atomic E-state index is 15.3. The molecular formula is C73H114N12O27S2. The first-order chi connectivity index (χ1) is 55.0. The van der Waals surface area contributed by atoms with Crippen molar-refractivity contribution in [2.24, 2.45) is 29.4 Å². The van der Waals surface area contributed by atoms with Gasteiger partial charge >= 0.3 is 0 Å². The SMILES string of the molecule is CC[C@H](C)[C@@H]1CC(=O)CNC(=O)[C@H]2CC(=O)[C@H]([C@@H](C)[C@@H](O)CO)NC(=O)[C@@H]3C[C@@H](O)CN3C(=O)C(CC(N)=O)NC(=O)[C@H](CS(=O)c3[nH]c4c(CSCCOCCOCCOCCOCCOCCOCCOCCOCCOCCOCCOCCN5C=C(CN6C(=O)C=CC6O)NN5)c(O)ccc4c3C2)NC(=O)CNC1=O. The summed E-state index contributed by atoms with van der Waals surface area (Å²) in [6.45, 7) is 11.2. The average molecular weight is 1660 g/mol. The maximum absolute atomic E-state index is 15.3. The Balaban J connectivity index is 0.807. The molecule has 5 aliphatic rings. The molecule has 15 N–H and O–H groups in total. The third-order valence-corrected chi connectivity index (χ3v) is 21.7. The Hall–Kier alpha value is -7.40. The molecule has 7 rings (SSSR count). The number of phenols is 1. The number of aliphatic hydroxyl groups excluding tert-OH is 4. The first-order valence-corrected chi connectivity index (χ1v) is 40.8. The lowest BCUT2D eigenvalue weighted by Crippen LogP contribution is -2.60. The first kappa shape index (κ1) is 93.8. The summed E-state index contributed by atoms with van der Waals surface area (Å²) in [6, 6.07) is -4.16. The van der Waals surface area contributed by atoms with E-state index in [-0.39, 0.29) is 59.9 Å². The van der Waals surface area contributed by atoms with Gasteiger partial charge in [-0.25, -0.2) is 0 Å². The van der Waals surface area contributed by atoms with Crippen molar-refractivity contribution in [3.8, 4) is 5.75 Å². The predicted molar refractivity (Wildman–Crippen MR) is 408 cm³/mol. The second kappa shape index (κ2) is 50.9. The number of hydrogen-bond donors (Lipinski definition) is 14. The number of nitrogens with two attached hydrogens (primary N) is 1. The molecule has 114 heavy (non-hydrogen) atoms. The third-order valence-electron chi connectivity index (χ3n) is 19.3. The number of aromatic amines is 1. The summed E-state index contributed by atoms with van der Waals surface area (Å²) in [5.41, 5.74) is 12.9. The second-order valence-electron chi connectivity index (χ2n) is 27.6. The Labute approximate surface area is 667 Å². The summed E-state index contributed by atoms with van der Waals surface area (Å²) in [6.07, 6.45) is -1.82. The van der Waals surface area contributed by atoms with Crippen molar-refractivity contribution in [3.63, 3.8) is 0 Å². The molecule has 12 atom stereocenters. The number of benzene rings is 1. The minimum Gasteiger partial charge on any atom is -0.508 e. The van der Waals surface area contributed by atoms with E-state index in [0.29, 0.717) is 155 Å². The monoisotopic (exact) mass is 1650 g/mol. The zero-order valence-electron chi connectivity index (χ0n) is 64.9. The highest BCUT2D eigenvalue weighted by atomic mass is 32.2. The van der Waals surface area contributed by atoms with E-state index >= 15 is 4.21 Å². The molecule has 2 bridgehead atoms. The molecule has 0 radical (unpaired) electrons. The highest BCUT2D eigenvalue weighted by Crippen LogP contribution is 2.37. The van der Waals surface area contributed by atoms with Crippen LogP contribution < -0.4 is 43.3 Å². The number of carbonyl (C=O) groups is 10. The molecule has 1 aromatic heterocycles. The summed E-state index contributed by atoms with van der Waals surface area (Å²) < 4.78 is 76.8. The standard InChI is InChI=1S/C73H114N12O27S2/c1-4-46(2)53-35-50(87)38-75-68(96)48-33-54-52-5-6-59(89)55(67(52)80-72(54)114(101)45-57(77-63(93)39-76-69(53)97)70(98)78-56(37-62(74)92)73(100)84-42-51(88)36-58(84)71(99)79-66(60(90)34-48)47(3)61(91)43-86)44-113-32-31-112-30-29-111-28-27-110-26-25-109-24-23-108-22-21-107-20-19-106-18-17-105-16-15-104-14-13-103-12-11-102-10-9-83-40-49(81-82-83)41-85-64(94)7-8-65(85)95/h5-8,40,46-48,51,53,56-58,61,64,66,80-82,86,88-89,91,94H,4,9-39,41-45H2,1-3H3,(H2,74,92)(H,75,96)(H,76,97)(H,77,93)(H,78,98)(H,79,99)/t46-,47-,48+,51+,53-,56?,57-,58-,61-,64?,66-,114?/m0/s1. The number of ether oxygens (including phenoxy) is 11. The van der Waals surface area contributed by atoms with Crippen LogP contribution in [-0.4, -0.2) is 347 Å². The number of primary amides is 1. The smallest absolute Gasteiger partial charge is 0.249 e. The average Bonchev–Trinajstić information content (AvgIpc) is 1.61. The summed E-state index contributed by atoms with van der Waals surface area (Å²) in [5, 5.41) is 67.9. The van der Waals surface area contributed by atoms with E-state index in [1.165, 1.54) is 47.9 Å². The Morgan fingerprint density at radius 3 is 1.80 bits per heavy atom. The molecular weight excluding hydrogens is 1540 g/mol. The molecule has 1 fully saturated rings. The number of aromatic hydroxyl groups is 1. The molecule has 6 heterocycles. The number of ketones is 2. The Bertz CT molecular complexity index is 3520. The minimum atomic E-state index is -2.45. The van der Waals surface area contributed by atoms with Crippen LogP contribution in [0.3, 0.4) is 0 Å². The molecule has 1 saturated heterocycles. The van der Waals surface area contributed by atoms with Crippen LogP contribution in [0.25, 0.3) is 10.9 Å². The number of phenolic OH excluding ortho intramolecular Hbond substituents is 1. The fourth-order valence-electron chi connectivity index (χ4n) is 12.7. The van der Waals surface area contributed by atoms with Gasteiger partial charge in [0.15, 0.2) is 11.6 Å². The van der Waals surface area contributed by atoms with Crippen molar-refractivity contribution < 1.29 is 130 Å². The van der Waals surface area contributed by atoms with E-state index in [1.807, 2.05) is 6.20 Å². The summed E-state index contributed by atoms with van der Waals surface area (Å²) in [7, 11) is -2.45. The van der Waals surface area contributed by atoms with Crippen molar-refractivity contribution in [2.75, 3.05) is 196 Å². The number of rotatable bonds is 47. The first-order valence-electron chi connectivity index (χ1n) is 38.4. The number of H-pyrrole nitrogens is 1. The molecule has 0 saturated carbocycles. The third kappa shape index (κ3) is 31.2. The van der Waals surface area contributed by atoms with Crippen molar-refractivity contribution in [1.29, 1.82) is 0 Å². The van der Waals surface area contributed by atoms with Gasteiger partial charge in [-0.2, -0.15) is 11.8 Å². The maximum Gasteiger partial charge on any atom is 0.249 e. The van der Waals surface area contributed by atoms with Gasteiger partial charge in [0.25, 0.3) is 0 Å². The van der Waals surface area contributed by atoms with Crippen LogP contribution in [0.1, 0.15) is 64.0 Å². The normalized spacial score (nSPS) is 23.3. The van der Waals surface area contributed by atoms with Gasteiger partial charge in [-0.05, 0) is 36.1 Å². The number of hydrazine groups is 2. The zero-order chi connectivity index (χ0) is 82.3. The lowest BCUT2D eigenvalue weighted by atomic mass is 9.85. The molecule has 0 aliphatic carbocycles. The number of carbonyl (C=O) groups excluding carboxylic acids is 10. The van der Waals surface area contributed by atoms with Crippen molar-refractivity contribution in [3.05, 3.63) is 47.3 Å². The molecule has 1 aromatic carbocycles. The molecule has 2 aromatic rings. The van der Waals surface area contributed by atoms with Gasteiger partial charge in [-0.1, -0.05) is 27.2 Å². The van der Waals surface area contributed by atoms with Gasteiger partial charge in [-0.15, -0.1) is 5.53 Å². The number of Topliss-reactive ketones (excluding diaryl/α,β-unsaturated/α-hetero) is 2. The molecule has 41 heteroatoms. The van der Waals surface area contributed by atoms with E-state index < -0.39 is 194 Å². The molecule has 3 unspecified atom stereocenters. The largest absolute Gasteiger partial charge is 0.508 e. The quantitative estimate of drug-likeness (QED) is 0.0278. The Kier molecular flexibility index (Phi) is 41.9. The van der Waals surface area contributed by atoms with Crippen molar-refractivity contribution >= 4 is 92.3 Å². The second-order valence-corrected chi connectivity index (χ2v) is 30.2. The van der Waals surface area contributed by atoms with Gasteiger partial charge in [-0.3, -0.25) is 57.2 Å². The molecule has 39 nitrogen and oxygen atoms in total. The highest BCUT2D eigenvalue weighted by Gasteiger charge is 2.45. The number of amides is 8. The van der Waals surface area contributed by atoms with Crippen molar-refractivity contribution in [1.82, 2.24) is 57.3 Å². The Morgan fingerprint density at radius 2 is 1.25 bits per heavy atom. The topological polar surface area (TPSA) is 526 Å². The van der Waals surface area contributed by atoms with Crippen LogP contribution in [-0.2, 0) is 123 Å². The van der Waals surface area contributed by atoms with Crippen LogP contribution in [0.2, 0.25) is 0 Å². The number of nitrogens with one attached hydrogen (secondary N) is 8. The van der Waals surface area contributed by atoms with Gasteiger partial charge in [0.1, 0.15) is 35.1 Å². The summed E-state index contributed by atoms with van der Waals surface area (Å²) in [4.78, 5) is 145. The number of fused-ring (bicyclic) bond motifs is 5. The summed E-state index contributed by atoms with van der Waals surface area (Å²) in [5.74, 6) is -13.4. The fraction of sp³-hybridized carbons (Fsp3) is 0.699. The van der Waals surface area contributed by atoms with Crippen molar-refractivity contribution in [2.45, 2.75) is 113 Å². The lowest BCUT2D eigenvalue weighted by molar-refractivity contribution is -0.144. The van der Waals surface area contributed by atoms with Gasteiger partial charge < -0.3 is 130 Å². The zero-order valence-corrected chi connectivity index (χ0v) is 66.5. The van der Waals surface area contributed by atoms with Crippen LogP contribution in [0.5, 0.6) is 5.75 Å². The molecule has 8 amide bonds. The number of hydrogen-bond acceptors (Lipinski definition) is 31. The van der Waals surface area contributed by atoms with E-state index in [1.54, 1.807) is 18.9 Å². The number of aliphatic hydroxyl groups is 4. The number of thioether (sulfide) groups is 1. The van der Waals surface area contributed by atoms with E-state index in [9.17, 15) is 73.5 Å². The fourth-order valence-corrected chi connectivity index (χ4v) is 15.0. The van der Waals surface area contributed by atoms with E-state index in [2.05, 4.69) is 42.5 Å².